The molecule has 0 bridgehead atoms. The second-order valence-corrected chi connectivity index (χ2v) is 4.16. The van der Waals surface area contributed by atoms with Crippen LogP contribution in [0.5, 0.6) is 0 Å². The Balaban J connectivity index is 2.13. The average Bonchev–Trinajstić information content (AvgIpc) is 1.88. The lowest BCUT2D eigenvalue weighted by Gasteiger charge is -2.23. The highest BCUT2D eigenvalue weighted by Gasteiger charge is 2.13. The Hall–Kier alpha value is 0.310. The number of hydrogen-bond donors (Lipinski definition) is 2. The summed E-state index contributed by atoms with van der Waals surface area (Å²) in [7, 11) is 0. The second-order valence-electron chi connectivity index (χ2n) is 3.28. The number of nitrogens with one attached hydrogen (secondary N) is 1. The molecule has 10 heavy (non-hydrogen) atoms. The van der Waals surface area contributed by atoms with Crippen molar-refractivity contribution in [1.29, 1.82) is 0 Å². The average molecular weight is 159 g/mol. The van der Waals surface area contributed by atoms with Crippen LogP contribution in [0.25, 0.3) is 0 Å². The zero-order chi connectivity index (χ0) is 7.40. The van der Waals surface area contributed by atoms with Gasteiger partial charge >= 0.3 is 0 Å². The molecule has 1 nitrogen and oxygen atoms in total. The van der Waals surface area contributed by atoms with E-state index in [4.69, 9.17) is 0 Å². The van der Waals surface area contributed by atoms with E-state index in [1.807, 2.05) is 0 Å². The van der Waals surface area contributed by atoms with Crippen LogP contribution in [0.2, 0.25) is 0 Å². The first-order valence-electron chi connectivity index (χ1n) is 4.18. The van der Waals surface area contributed by atoms with Gasteiger partial charge in [0.1, 0.15) is 0 Å². The van der Waals surface area contributed by atoms with Crippen molar-refractivity contribution in [2.24, 2.45) is 5.92 Å². The van der Waals surface area contributed by atoms with Gasteiger partial charge in [0.15, 0.2) is 0 Å². The van der Waals surface area contributed by atoms with Crippen molar-refractivity contribution in [2.75, 3.05) is 13.1 Å². The Morgan fingerprint density at radius 2 is 2.10 bits per heavy atom. The largest absolute Gasteiger partial charge is 0.317 e. The third-order valence-electron chi connectivity index (χ3n) is 2.13. The van der Waals surface area contributed by atoms with Crippen LogP contribution in [-0.4, -0.2) is 18.3 Å². The molecule has 1 heterocycles. The molecule has 0 spiro atoms. The van der Waals surface area contributed by atoms with Crippen LogP contribution in [0.1, 0.15) is 26.2 Å². The van der Waals surface area contributed by atoms with Crippen molar-refractivity contribution in [3.63, 3.8) is 0 Å². The molecule has 1 unspecified atom stereocenters. The minimum Gasteiger partial charge on any atom is -0.317 e. The molecular weight excluding hydrogens is 142 g/mol. The lowest BCUT2D eigenvalue weighted by atomic mass is 9.93. The predicted molar refractivity (Wildman–Crippen MR) is 48.7 cm³/mol. The maximum absolute atomic E-state index is 4.39. The topological polar surface area (TPSA) is 12.0 Å². The summed E-state index contributed by atoms with van der Waals surface area (Å²) in [4.78, 5) is 0. The summed E-state index contributed by atoms with van der Waals surface area (Å²) in [5, 5.41) is 3.95. The van der Waals surface area contributed by atoms with Crippen LogP contribution >= 0.6 is 12.6 Å². The van der Waals surface area contributed by atoms with E-state index < -0.39 is 0 Å². The summed E-state index contributed by atoms with van der Waals surface area (Å²) >= 11 is 4.39. The molecular formula is C8H17NS. The molecule has 1 saturated heterocycles. The fraction of sp³-hybridized carbons (Fsp3) is 1.00. The van der Waals surface area contributed by atoms with E-state index in [1.165, 1.54) is 32.4 Å². The van der Waals surface area contributed by atoms with Gasteiger partial charge in [0.2, 0.25) is 0 Å². The standard InChI is InChI=1S/C8H17NS/c1-7(10)6-8-2-4-9-5-3-8/h7-10H,2-6H2,1H3. The Labute approximate surface area is 69.0 Å². The lowest BCUT2D eigenvalue weighted by Crippen LogP contribution is -2.28. The molecule has 1 aliphatic heterocycles. The second kappa shape index (κ2) is 4.24. The Bertz CT molecular complexity index is 87.3. The van der Waals surface area contributed by atoms with E-state index in [0.29, 0.717) is 5.25 Å². The molecule has 2 heteroatoms. The minimum absolute atomic E-state index is 0.586. The van der Waals surface area contributed by atoms with Gasteiger partial charge in [0.25, 0.3) is 0 Å². The number of piperidine rings is 1. The van der Waals surface area contributed by atoms with Crippen molar-refractivity contribution in [3.8, 4) is 0 Å². The molecule has 1 aliphatic rings. The van der Waals surface area contributed by atoms with Gasteiger partial charge in [-0.1, -0.05) is 6.92 Å². The number of rotatable bonds is 2. The summed E-state index contributed by atoms with van der Waals surface area (Å²) < 4.78 is 0. The van der Waals surface area contributed by atoms with Crippen molar-refractivity contribution in [3.05, 3.63) is 0 Å². The normalized spacial score (nSPS) is 24.6. The van der Waals surface area contributed by atoms with Crippen molar-refractivity contribution in [2.45, 2.75) is 31.4 Å². The first-order chi connectivity index (χ1) is 4.79. The first kappa shape index (κ1) is 8.41. The number of hydrogen-bond acceptors (Lipinski definition) is 2. The molecule has 0 aromatic carbocycles. The predicted octanol–water partition coefficient (Wildman–Crippen LogP) is 1.69. The van der Waals surface area contributed by atoms with E-state index >= 15 is 0 Å². The van der Waals surface area contributed by atoms with Crippen LogP contribution in [0.4, 0.5) is 0 Å². The van der Waals surface area contributed by atoms with Gasteiger partial charge in [-0.05, 0) is 43.5 Å². The summed E-state index contributed by atoms with van der Waals surface area (Å²) in [5.41, 5.74) is 0. The third-order valence-corrected chi connectivity index (χ3v) is 2.34. The van der Waals surface area contributed by atoms with E-state index in [9.17, 15) is 0 Å². The van der Waals surface area contributed by atoms with Crippen LogP contribution in [0.15, 0.2) is 0 Å². The van der Waals surface area contributed by atoms with Crippen LogP contribution in [0.3, 0.4) is 0 Å². The minimum atomic E-state index is 0.586. The highest BCUT2D eigenvalue weighted by atomic mass is 32.1. The first-order valence-corrected chi connectivity index (χ1v) is 4.69. The quantitative estimate of drug-likeness (QED) is 0.584. The van der Waals surface area contributed by atoms with Crippen molar-refractivity contribution in [1.82, 2.24) is 5.32 Å². The number of thiol groups is 1. The van der Waals surface area contributed by atoms with E-state index in [2.05, 4.69) is 24.9 Å². The molecule has 0 aromatic rings. The van der Waals surface area contributed by atoms with Crippen molar-refractivity contribution < 1.29 is 0 Å². The van der Waals surface area contributed by atoms with Gasteiger partial charge in [-0.15, -0.1) is 0 Å². The lowest BCUT2D eigenvalue weighted by molar-refractivity contribution is 0.355. The van der Waals surface area contributed by atoms with Gasteiger partial charge < -0.3 is 5.32 Å². The Morgan fingerprint density at radius 1 is 1.50 bits per heavy atom. The van der Waals surface area contributed by atoms with E-state index in [0.717, 1.165) is 5.92 Å². The summed E-state index contributed by atoms with van der Waals surface area (Å²) in [6, 6.07) is 0. The van der Waals surface area contributed by atoms with E-state index in [-0.39, 0.29) is 0 Å². The molecule has 0 amide bonds. The SMILES string of the molecule is CC(S)CC1CCNCC1. The fourth-order valence-electron chi connectivity index (χ4n) is 1.60. The van der Waals surface area contributed by atoms with Gasteiger partial charge in [-0.3, -0.25) is 0 Å². The third kappa shape index (κ3) is 2.93. The maximum Gasteiger partial charge on any atom is -0.000894 e. The van der Waals surface area contributed by atoms with Crippen LogP contribution < -0.4 is 5.32 Å². The monoisotopic (exact) mass is 159 g/mol. The molecule has 1 fully saturated rings. The molecule has 1 N–H and O–H groups in total. The zero-order valence-electron chi connectivity index (χ0n) is 6.64. The molecule has 1 rings (SSSR count). The fourth-order valence-corrected chi connectivity index (χ4v) is 1.90. The molecule has 0 aromatic heterocycles. The summed E-state index contributed by atoms with van der Waals surface area (Å²) in [6.45, 7) is 4.61. The van der Waals surface area contributed by atoms with Crippen LogP contribution in [-0.2, 0) is 0 Å². The smallest absolute Gasteiger partial charge is 0.000894 e. The van der Waals surface area contributed by atoms with Gasteiger partial charge in [-0.2, -0.15) is 12.6 Å². The molecule has 0 saturated carbocycles. The Morgan fingerprint density at radius 3 is 2.60 bits per heavy atom. The maximum atomic E-state index is 4.39. The van der Waals surface area contributed by atoms with Crippen LogP contribution in [0, 0.1) is 5.92 Å². The molecule has 1 atom stereocenters. The highest BCUT2D eigenvalue weighted by Crippen LogP contribution is 2.19. The molecule has 60 valence electrons. The summed E-state index contributed by atoms with van der Waals surface area (Å²) in [6.07, 6.45) is 4.00. The Kier molecular flexibility index (Phi) is 3.57. The van der Waals surface area contributed by atoms with Crippen molar-refractivity contribution >= 4 is 12.6 Å². The summed E-state index contributed by atoms with van der Waals surface area (Å²) in [5.74, 6) is 0.939. The van der Waals surface area contributed by atoms with Gasteiger partial charge in [0, 0.05) is 0 Å². The highest BCUT2D eigenvalue weighted by molar-refractivity contribution is 7.80. The van der Waals surface area contributed by atoms with Gasteiger partial charge in [-0.25, -0.2) is 0 Å². The zero-order valence-corrected chi connectivity index (χ0v) is 7.53. The van der Waals surface area contributed by atoms with Gasteiger partial charge in [0.05, 0.1) is 0 Å². The molecule has 0 aliphatic carbocycles. The van der Waals surface area contributed by atoms with E-state index in [1.54, 1.807) is 0 Å². The molecule has 0 radical (unpaired) electrons.